The molecule has 2 aromatic carbocycles. The van der Waals surface area contributed by atoms with Gasteiger partial charge in [0, 0.05) is 32.6 Å². The number of ether oxygens (including phenoxy) is 2. The number of carbonyl (C=O) groups excluding carboxylic acids is 2. The summed E-state index contributed by atoms with van der Waals surface area (Å²) in [5.74, 6) is 1.50. The van der Waals surface area contributed by atoms with E-state index >= 15 is 0 Å². The van der Waals surface area contributed by atoms with Gasteiger partial charge in [0.1, 0.15) is 11.5 Å². The molecule has 0 aromatic heterocycles. The van der Waals surface area contributed by atoms with E-state index < -0.39 is 0 Å². The minimum Gasteiger partial charge on any atom is -0.494 e. The molecule has 0 N–H and O–H groups in total. The lowest BCUT2D eigenvalue weighted by Crippen LogP contribution is -2.51. The summed E-state index contributed by atoms with van der Waals surface area (Å²) < 4.78 is 11.0. The van der Waals surface area contributed by atoms with Crippen molar-refractivity contribution in [3.63, 3.8) is 0 Å². The summed E-state index contributed by atoms with van der Waals surface area (Å²) in [7, 11) is 0. The second kappa shape index (κ2) is 10.7. The maximum atomic E-state index is 12.5. The van der Waals surface area contributed by atoms with Gasteiger partial charge >= 0.3 is 0 Å². The number of piperazine rings is 1. The van der Waals surface area contributed by atoms with Crippen LogP contribution in [-0.4, -0.2) is 61.0 Å². The van der Waals surface area contributed by atoms with Gasteiger partial charge in [0.15, 0.2) is 6.61 Å². The molecule has 1 saturated heterocycles. The van der Waals surface area contributed by atoms with Gasteiger partial charge in [-0.1, -0.05) is 29.8 Å². The van der Waals surface area contributed by atoms with Crippen molar-refractivity contribution >= 4 is 11.8 Å². The van der Waals surface area contributed by atoms with Crippen molar-refractivity contribution < 1.29 is 19.1 Å². The summed E-state index contributed by atoms with van der Waals surface area (Å²) in [4.78, 5) is 28.5. The number of nitrogens with zero attached hydrogens (tertiary/aromatic N) is 2. The molecule has 0 bridgehead atoms. The summed E-state index contributed by atoms with van der Waals surface area (Å²) in [6, 6.07) is 15.5. The lowest BCUT2D eigenvalue weighted by atomic mass is 10.1. The normalized spacial score (nSPS) is 13.8. The van der Waals surface area contributed by atoms with Gasteiger partial charge < -0.3 is 19.3 Å². The van der Waals surface area contributed by atoms with E-state index in [4.69, 9.17) is 9.47 Å². The van der Waals surface area contributed by atoms with E-state index in [2.05, 4.69) is 31.2 Å². The molecule has 2 aromatic rings. The average molecular weight is 411 g/mol. The van der Waals surface area contributed by atoms with Gasteiger partial charge in [-0.25, -0.2) is 0 Å². The molecule has 0 radical (unpaired) electrons. The van der Waals surface area contributed by atoms with Crippen molar-refractivity contribution in [1.29, 1.82) is 0 Å². The van der Waals surface area contributed by atoms with Gasteiger partial charge in [-0.05, 0) is 50.1 Å². The molecule has 1 heterocycles. The van der Waals surface area contributed by atoms with Gasteiger partial charge in [0.25, 0.3) is 5.91 Å². The number of carbonyl (C=O) groups is 2. The van der Waals surface area contributed by atoms with Crippen LogP contribution in [0.3, 0.4) is 0 Å². The highest BCUT2D eigenvalue weighted by Crippen LogP contribution is 2.17. The van der Waals surface area contributed by atoms with Gasteiger partial charge in [0.2, 0.25) is 5.91 Å². The molecule has 0 spiro atoms. The van der Waals surface area contributed by atoms with Gasteiger partial charge in [-0.2, -0.15) is 0 Å². The second-order valence-corrected chi connectivity index (χ2v) is 7.44. The Morgan fingerprint density at radius 1 is 0.800 bits per heavy atom. The SMILES string of the molecule is CCOc1ccc(OCC(=O)N2CCN(C(=O)CCc3ccc(C)cc3)CC2)cc1. The van der Waals surface area contributed by atoms with Crippen LogP contribution in [-0.2, 0) is 16.0 Å². The van der Waals surface area contributed by atoms with Crippen LogP contribution in [0.4, 0.5) is 0 Å². The lowest BCUT2D eigenvalue weighted by molar-refractivity contribution is -0.140. The standard InChI is InChI=1S/C24H30N2O4/c1-3-29-21-9-11-22(12-10-21)30-18-24(28)26-16-14-25(15-17-26)23(27)13-8-20-6-4-19(2)5-7-20/h4-7,9-12H,3,8,13-18H2,1-2H3. The van der Waals surface area contributed by atoms with Crippen LogP contribution < -0.4 is 9.47 Å². The predicted octanol–water partition coefficient (Wildman–Crippen LogP) is 3.08. The third kappa shape index (κ3) is 6.24. The quantitative estimate of drug-likeness (QED) is 0.671. The number of aryl methyl sites for hydroxylation is 2. The van der Waals surface area contributed by atoms with Crippen LogP contribution in [0.1, 0.15) is 24.5 Å². The number of hydrogen-bond donors (Lipinski definition) is 0. The summed E-state index contributed by atoms with van der Waals surface area (Å²) in [5.41, 5.74) is 2.39. The van der Waals surface area contributed by atoms with Crippen molar-refractivity contribution in [2.75, 3.05) is 39.4 Å². The van der Waals surface area contributed by atoms with E-state index in [1.54, 1.807) is 17.0 Å². The first-order chi connectivity index (χ1) is 14.5. The van der Waals surface area contributed by atoms with Crippen molar-refractivity contribution in [2.24, 2.45) is 0 Å². The average Bonchev–Trinajstić information content (AvgIpc) is 2.78. The number of rotatable bonds is 8. The van der Waals surface area contributed by atoms with Gasteiger partial charge in [-0.15, -0.1) is 0 Å². The Bertz CT molecular complexity index is 825. The lowest BCUT2D eigenvalue weighted by Gasteiger charge is -2.34. The van der Waals surface area contributed by atoms with E-state index in [0.717, 1.165) is 12.2 Å². The largest absolute Gasteiger partial charge is 0.494 e. The zero-order valence-corrected chi connectivity index (χ0v) is 17.8. The zero-order chi connectivity index (χ0) is 21.3. The second-order valence-electron chi connectivity index (χ2n) is 7.44. The predicted molar refractivity (Wildman–Crippen MR) is 116 cm³/mol. The van der Waals surface area contributed by atoms with Crippen LogP contribution in [0, 0.1) is 6.92 Å². The minimum atomic E-state index is -0.0596. The zero-order valence-electron chi connectivity index (χ0n) is 17.8. The Balaban J connectivity index is 1.38. The fourth-order valence-electron chi connectivity index (χ4n) is 3.40. The Morgan fingerprint density at radius 2 is 1.33 bits per heavy atom. The van der Waals surface area contributed by atoms with E-state index in [1.165, 1.54) is 11.1 Å². The smallest absolute Gasteiger partial charge is 0.260 e. The molecule has 1 aliphatic heterocycles. The summed E-state index contributed by atoms with van der Waals surface area (Å²) in [6.07, 6.45) is 1.24. The Morgan fingerprint density at radius 3 is 1.90 bits per heavy atom. The summed E-state index contributed by atoms with van der Waals surface area (Å²) in [6.45, 7) is 6.82. The third-order valence-corrected chi connectivity index (χ3v) is 5.23. The first kappa shape index (κ1) is 21.7. The third-order valence-electron chi connectivity index (χ3n) is 5.23. The molecule has 1 aliphatic rings. The maximum absolute atomic E-state index is 12.5. The Hall–Kier alpha value is -3.02. The molecule has 0 aliphatic carbocycles. The van der Waals surface area contributed by atoms with Crippen molar-refractivity contribution in [3.05, 3.63) is 59.7 Å². The monoisotopic (exact) mass is 410 g/mol. The highest BCUT2D eigenvalue weighted by Gasteiger charge is 2.24. The molecule has 160 valence electrons. The van der Waals surface area contributed by atoms with Crippen molar-refractivity contribution in [2.45, 2.75) is 26.7 Å². The van der Waals surface area contributed by atoms with Gasteiger partial charge in [0.05, 0.1) is 6.61 Å². The van der Waals surface area contributed by atoms with Crippen LogP contribution in [0.5, 0.6) is 11.5 Å². The van der Waals surface area contributed by atoms with Crippen LogP contribution >= 0.6 is 0 Å². The molecule has 30 heavy (non-hydrogen) atoms. The number of amides is 2. The first-order valence-electron chi connectivity index (χ1n) is 10.5. The Kier molecular flexibility index (Phi) is 7.71. The molecule has 6 nitrogen and oxygen atoms in total. The van der Waals surface area contributed by atoms with Crippen molar-refractivity contribution in [1.82, 2.24) is 9.80 Å². The van der Waals surface area contributed by atoms with E-state index in [1.807, 2.05) is 24.0 Å². The molecule has 0 atom stereocenters. The van der Waals surface area contributed by atoms with Crippen LogP contribution in [0.2, 0.25) is 0 Å². The summed E-state index contributed by atoms with van der Waals surface area (Å²) >= 11 is 0. The minimum absolute atomic E-state index is 0.00461. The van der Waals surface area contributed by atoms with Crippen LogP contribution in [0.25, 0.3) is 0 Å². The maximum Gasteiger partial charge on any atom is 0.260 e. The Labute approximate surface area is 178 Å². The topological polar surface area (TPSA) is 59.1 Å². The van der Waals surface area contributed by atoms with Gasteiger partial charge in [-0.3, -0.25) is 9.59 Å². The van der Waals surface area contributed by atoms with Crippen molar-refractivity contribution in [3.8, 4) is 11.5 Å². The van der Waals surface area contributed by atoms with E-state index in [0.29, 0.717) is 45.0 Å². The molecule has 1 fully saturated rings. The number of benzene rings is 2. The molecular weight excluding hydrogens is 380 g/mol. The summed E-state index contributed by atoms with van der Waals surface area (Å²) in [5, 5.41) is 0. The number of hydrogen-bond acceptors (Lipinski definition) is 4. The molecule has 0 saturated carbocycles. The molecular formula is C24H30N2O4. The highest BCUT2D eigenvalue weighted by molar-refractivity contribution is 5.79. The molecule has 2 amide bonds. The highest BCUT2D eigenvalue weighted by atomic mass is 16.5. The molecule has 6 heteroatoms. The molecule has 0 unspecified atom stereocenters. The van der Waals surface area contributed by atoms with E-state index in [9.17, 15) is 9.59 Å². The molecule has 3 rings (SSSR count). The van der Waals surface area contributed by atoms with E-state index in [-0.39, 0.29) is 18.4 Å². The fourth-order valence-corrected chi connectivity index (χ4v) is 3.40. The fraction of sp³-hybridized carbons (Fsp3) is 0.417. The van der Waals surface area contributed by atoms with Crippen LogP contribution in [0.15, 0.2) is 48.5 Å². The first-order valence-corrected chi connectivity index (χ1v) is 10.5.